The van der Waals surface area contributed by atoms with Crippen LogP contribution >= 0.6 is 0 Å². The van der Waals surface area contributed by atoms with Gasteiger partial charge in [0.2, 0.25) is 5.88 Å². The number of urea groups is 1. The van der Waals surface area contributed by atoms with Gasteiger partial charge in [0.05, 0.1) is 5.69 Å². The van der Waals surface area contributed by atoms with Gasteiger partial charge in [-0.1, -0.05) is 18.2 Å². The van der Waals surface area contributed by atoms with Crippen LogP contribution in [0.15, 0.2) is 60.9 Å². The molecule has 0 unspecified atom stereocenters. The molecule has 0 saturated heterocycles. The molecule has 1 heterocycles. The summed E-state index contributed by atoms with van der Waals surface area (Å²) in [6, 6.07) is 16.2. The molecule has 6 heteroatoms. The minimum Gasteiger partial charge on any atom is -0.492 e. The largest absolute Gasteiger partial charge is 0.492 e. The van der Waals surface area contributed by atoms with Gasteiger partial charge in [-0.05, 0) is 43.3 Å². The Morgan fingerprint density at radius 3 is 2.17 bits per heavy atom. The third-order valence-corrected chi connectivity index (χ3v) is 3.42. The number of hydrogen-bond donors (Lipinski definition) is 3. The van der Waals surface area contributed by atoms with Crippen molar-refractivity contribution in [2.75, 3.05) is 10.6 Å². The Bertz CT molecular complexity index is 810. The first-order valence-corrected chi connectivity index (χ1v) is 7.10. The molecule has 0 aliphatic rings. The number of aromatic hydroxyl groups is 1. The standard InChI is InChI=1S/C17H16N4O2/c1-12-16(22)18-11-21(12)15-9-7-14(8-10-15)20-17(23)19-13-5-3-2-4-6-13/h2-11,22H,1H3,(H2,19,20,23). The quantitative estimate of drug-likeness (QED) is 0.692. The van der Waals surface area contributed by atoms with Crippen LogP contribution < -0.4 is 10.6 Å². The molecule has 0 bridgehead atoms. The second kappa shape index (κ2) is 6.23. The molecule has 2 aromatic carbocycles. The monoisotopic (exact) mass is 308 g/mol. The molecule has 3 aromatic rings. The van der Waals surface area contributed by atoms with Gasteiger partial charge in [0.1, 0.15) is 6.33 Å². The molecule has 0 saturated carbocycles. The normalized spacial score (nSPS) is 10.3. The topological polar surface area (TPSA) is 79.2 Å². The zero-order chi connectivity index (χ0) is 16.2. The lowest BCUT2D eigenvalue weighted by atomic mass is 10.2. The summed E-state index contributed by atoms with van der Waals surface area (Å²) in [6.45, 7) is 1.78. The van der Waals surface area contributed by atoms with Crippen molar-refractivity contribution in [3.8, 4) is 11.6 Å². The molecule has 2 amide bonds. The summed E-state index contributed by atoms with van der Waals surface area (Å²) in [5, 5.41) is 15.0. The van der Waals surface area contributed by atoms with Crippen LogP contribution in [0.3, 0.4) is 0 Å². The fourth-order valence-electron chi connectivity index (χ4n) is 2.18. The molecule has 23 heavy (non-hydrogen) atoms. The van der Waals surface area contributed by atoms with Gasteiger partial charge in [0, 0.05) is 17.1 Å². The molecule has 3 rings (SSSR count). The minimum atomic E-state index is -0.305. The van der Waals surface area contributed by atoms with E-state index < -0.39 is 0 Å². The number of anilines is 2. The first-order valence-electron chi connectivity index (χ1n) is 7.10. The van der Waals surface area contributed by atoms with Crippen LogP contribution in [0.1, 0.15) is 5.69 Å². The summed E-state index contributed by atoms with van der Waals surface area (Å²) in [5.74, 6) is 0.00874. The van der Waals surface area contributed by atoms with Crippen molar-refractivity contribution in [1.29, 1.82) is 0 Å². The van der Waals surface area contributed by atoms with Gasteiger partial charge in [-0.3, -0.25) is 4.57 Å². The van der Waals surface area contributed by atoms with Crippen molar-refractivity contribution >= 4 is 17.4 Å². The second-order valence-electron chi connectivity index (χ2n) is 5.02. The number of hydrogen-bond acceptors (Lipinski definition) is 3. The highest BCUT2D eigenvalue weighted by Gasteiger charge is 2.07. The Labute approximate surface area is 133 Å². The number of nitrogens with zero attached hydrogens (tertiary/aromatic N) is 2. The van der Waals surface area contributed by atoms with Crippen molar-refractivity contribution in [2.24, 2.45) is 0 Å². The van der Waals surface area contributed by atoms with Gasteiger partial charge < -0.3 is 15.7 Å². The summed E-state index contributed by atoms with van der Waals surface area (Å²) in [7, 11) is 0. The summed E-state index contributed by atoms with van der Waals surface area (Å²) >= 11 is 0. The number of imidazole rings is 1. The van der Waals surface area contributed by atoms with E-state index in [4.69, 9.17) is 0 Å². The molecule has 116 valence electrons. The van der Waals surface area contributed by atoms with Crippen LogP contribution in [0.2, 0.25) is 0 Å². The maximum Gasteiger partial charge on any atom is 0.323 e. The van der Waals surface area contributed by atoms with Crippen LogP contribution in [-0.2, 0) is 0 Å². The van der Waals surface area contributed by atoms with Crippen LogP contribution in [0.5, 0.6) is 5.88 Å². The molecule has 6 nitrogen and oxygen atoms in total. The van der Waals surface area contributed by atoms with Gasteiger partial charge in [-0.2, -0.15) is 0 Å². The summed E-state index contributed by atoms with van der Waals surface area (Å²) in [6.07, 6.45) is 1.55. The fourth-order valence-corrected chi connectivity index (χ4v) is 2.18. The van der Waals surface area contributed by atoms with Gasteiger partial charge in [-0.25, -0.2) is 9.78 Å². The molecule has 0 atom stereocenters. The maximum atomic E-state index is 11.9. The third kappa shape index (κ3) is 3.32. The van der Waals surface area contributed by atoms with Gasteiger partial charge in [0.25, 0.3) is 0 Å². The van der Waals surface area contributed by atoms with Crippen molar-refractivity contribution in [1.82, 2.24) is 9.55 Å². The first-order chi connectivity index (χ1) is 11.1. The zero-order valence-corrected chi connectivity index (χ0v) is 12.5. The highest BCUT2D eigenvalue weighted by molar-refractivity contribution is 5.99. The average Bonchev–Trinajstić information content (AvgIpc) is 2.89. The van der Waals surface area contributed by atoms with E-state index in [1.165, 1.54) is 0 Å². The van der Waals surface area contributed by atoms with E-state index in [0.29, 0.717) is 11.4 Å². The van der Waals surface area contributed by atoms with Crippen LogP contribution in [0, 0.1) is 6.92 Å². The number of aromatic nitrogens is 2. The molecule has 0 radical (unpaired) electrons. The summed E-state index contributed by atoms with van der Waals surface area (Å²) in [5.41, 5.74) is 2.91. The number of nitrogens with one attached hydrogen (secondary N) is 2. The zero-order valence-electron chi connectivity index (χ0n) is 12.5. The van der Waals surface area contributed by atoms with E-state index in [1.807, 2.05) is 42.5 Å². The van der Waals surface area contributed by atoms with Gasteiger partial charge >= 0.3 is 6.03 Å². The average molecular weight is 308 g/mol. The molecule has 3 N–H and O–H groups in total. The van der Waals surface area contributed by atoms with E-state index >= 15 is 0 Å². The van der Waals surface area contributed by atoms with Gasteiger partial charge in [0.15, 0.2) is 0 Å². The lowest BCUT2D eigenvalue weighted by Gasteiger charge is -2.09. The Morgan fingerprint density at radius 2 is 1.61 bits per heavy atom. The minimum absolute atomic E-state index is 0.00874. The van der Waals surface area contributed by atoms with Crippen molar-refractivity contribution < 1.29 is 9.90 Å². The highest BCUT2D eigenvalue weighted by Crippen LogP contribution is 2.20. The molecule has 0 fully saturated rings. The molecule has 1 aromatic heterocycles. The number of carbonyl (C=O) groups excluding carboxylic acids is 1. The maximum absolute atomic E-state index is 11.9. The number of para-hydroxylation sites is 1. The van der Waals surface area contributed by atoms with E-state index in [9.17, 15) is 9.90 Å². The van der Waals surface area contributed by atoms with Crippen LogP contribution in [-0.4, -0.2) is 20.7 Å². The van der Waals surface area contributed by atoms with Crippen molar-refractivity contribution in [3.63, 3.8) is 0 Å². The Hall–Kier alpha value is -3.28. The SMILES string of the molecule is Cc1c(O)ncn1-c1ccc(NC(=O)Nc2ccccc2)cc1. The number of amides is 2. The Balaban J connectivity index is 1.68. The third-order valence-electron chi connectivity index (χ3n) is 3.42. The van der Waals surface area contributed by atoms with E-state index in [2.05, 4.69) is 15.6 Å². The lowest BCUT2D eigenvalue weighted by molar-refractivity contribution is 0.262. The molecule has 0 aliphatic carbocycles. The number of benzene rings is 2. The van der Waals surface area contributed by atoms with Crippen molar-refractivity contribution in [2.45, 2.75) is 6.92 Å². The first kappa shape index (κ1) is 14.6. The summed E-state index contributed by atoms with van der Waals surface area (Å²) in [4.78, 5) is 15.8. The van der Waals surface area contributed by atoms with E-state index in [-0.39, 0.29) is 11.9 Å². The van der Waals surface area contributed by atoms with Crippen molar-refractivity contribution in [3.05, 3.63) is 66.6 Å². The molecular weight excluding hydrogens is 292 g/mol. The molecular formula is C17H16N4O2. The lowest BCUT2D eigenvalue weighted by Crippen LogP contribution is -2.19. The predicted molar refractivity (Wildman–Crippen MR) is 89.0 cm³/mol. The van der Waals surface area contributed by atoms with E-state index in [1.54, 1.807) is 30.0 Å². The Morgan fingerprint density at radius 1 is 1.00 bits per heavy atom. The van der Waals surface area contributed by atoms with E-state index in [0.717, 1.165) is 11.4 Å². The highest BCUT2D eigenvalue weighted by atomic mass is 16.3. The summed E-state index contributed by atoms with van der Waals surface area (Å²) < 4.78 is 1.77. The van der Waals surface area contributed by atoms with Gasteiger partial charge in [-0.15, -0.1) is 0 Å². The Kier molecular flexibility index (Phi) is 3.97. The molecule has 0 aliphatic heterocycles. The fraction of sp³-hybridized carbons (Fsp3) is 0.0588. The number of carbonyl (C=O) groups is 1. The van der Waals surface area contributed by atoms with Crippen LogP contribution in [0.4, 0.5) is 16.2 Å². The number of rotatable bonds is 3. The van der Waals surface area contributed by atoms with Crippen LogP contribution in [0.25, 0.3) is 5.69 Å². The predicted octanol–water partition coefficient (Wildman–Crippen LogP) is 3.53. The molecule has 0 spiro atoms. The second-order valence-corrected chi connectivity index (χ2v) is 5.02. The smallest absolute Gasteiger partial charge is 0.323 e.